The van der Waals surface area contributed by atoms with Crippen LogP contribution in [0.1, 0.15) is 132 Å². The number of piperazine rings is 2. The molecule has 2 fully saturated rings. The number of nitrogens with zero attached hydrogens (tertiary/aromatic N) is 8. The van der Waals surface area contributed by atoms with E-state index >= 15 is 0 Å². The Bertz CT molecular complexity index is 4320. The molecule has 94 heavy (non-hydrogen) atoms. The van der Waals surface area contributed by atoms with E-state index in [0.29, 0.717) is 111 Å². The quantitative estimate of drug-likeness (QED) is 0.0987. The van der Waals surface area contributed by atoms with Crippen LogP contribution in [0.15, 0.2) is 60.7 Å². The third-order valence-corrected chi connectivity index (χ3v) is 21.5. The molecule has 0 spiro atoms. The van der Waals surface area contributed by atoms with Gasteiger partial charge in [0.2, 0.25) is 13.6 Å². The maximum absolute atomic E-state index is 13.8. The van der Waals surface area contributed by atoms with Crippen LogP contribution in [0.25, 0.3) is 0 Å². The van der Waals surface area contributed by atoms with Crippen molar-refractivity contribution < 1.29 is 72.0 Å². The van der Waals surface area contributed by atoms with Crippen LogP contribution in [0.3, 0.4) is 0 Å². The number of phenols is 2. The van der Waals surface area contributed by atoms with Crippen molar-refractivity contribution in [2.75, 3.05) is 76.0 Å². The molecule has 6 aromatic rings. The van der Waals surface area contributed by atoms with Crippen LogP contribution in [-0.2, 0) is 30.4 Å². The minimum atomic E-state index is -0.691. The summed E-state index contributed by atoms with van der Waals surface area (Å²) in [5, 5.41) is 45.3. The predicted octanol–water partition coefficient (Wildman–Crippen LogP) is 7.62. The fourth-order valence-corrected chi connectivity index (χ4v) is 17.7. The van der Waals surface area contributed by atoms with Gasteiger partial charge in [-0.1, -0.05) is 36.4 Å². The lowest BCUT2D eigenvalue weighted by atomic mass is 9.71. The molecule has 0 aromatic heterocycles. The van der Waals surface area contributed by atoms with Crippen molar-refractivity contribution in [2.45, 2.75) is 114 Å². The van der Waals surface area contributed by atoms with Gasteiger partial charge in [-0.2, -0.15) is 10.5 Å². The summed E-state index contributed by atoms with van der Waals surface area (Å²) >= 11 is 0. The highest BCUT2D eigenvalue weighted by Gasteiger charge is 2.60. The Hall–Kier alpha value is -9.62. The zero-order chi connectivity index (χ0) is 65.8. The molecular formula is C71H70N8O15. The Labute approximate surface area is 542 Å². The molecule has 2 N–H and O–H groups in total. The van der Waals surface area contributed by atoms with Crippen molar-refractivity contribution in [3.8, 4) is 69.6 Å². The van der Waals surface area contributed by atoms with Gasteiger partial charge in [0.05, 0.1) is 79.9 Å². The van der Waals surface area contributed by atoms with Gasteiger partial charge in [0.25, 0.3) is 23.6 Å². The number of hydrogen-bond acceptors (Lipinski definition) is 21. The summed E-state index contributed by atoms with van der Waals surface area (Å²) < 4.78 is 53.1. The summed E-state index contributed by atoms with van der Waals surface area (Å²) in [6.45, 7) is 7.54. The molecule has 0 saturated carbocycles. The predicted molar refractivity (Wildman–Crippen MR) is 335 cm³/mol. The zero-order valence-electron chi connectivity index (χ0n) is 53.7. The lowest BCUT2D eigenvalue weighted by molar-refractivity contribution is -0.0766. The topological polar surface area (TPSA) is 259 Å². The van der Waals surface area contributed by atoms with E-state index in [-0.39, 0.29) is 93.0 Å². The zero-order valence-corrected chi connectivity index (χ0v) is 53.7. The third kappa shape index (κ3) is 8.43. The average Bonchev–Trinajstić information content (AvgIpc) is 0.783. The van der Waals surface area contributed by atoms with Crippen molar-refractivity contribution in [2.24, 2.45) is 0 Å². The number of carbonyl (C=O) groups is 4. The molecule has 10 heterocycles. The van der Waals surface area contributed by atoms with Gasteiger partial charge >= 0.3 is 0 Å². The Kier molecular flexibility index (Phi) is 14.5. The van der Waals surface area contributed by atoms with Crippen LogP contribution in [0.4, 0.5) is 0 Å². The third-order valence-electron chi connectivity index (χ3n) is 21.5. The minimum Gasteiger partial charge on any atom is -0.507 e. The Morgan fingerprint density at radius 2 is 0.936 bits per heavy atom. The molecule has 23 nitrogen and oxygen atoms in total. The van der Waals surface area contributed by atoms with Crippen LogP contribution in [0.5, 0.6) is 57.5 Å². The largest absolute Gasteiger partial charge is 0.507 e. The molecule has 23 heteroatoms. The Balaban J connectivity index is 0.000000155. The van der Waals surface area contributed by atoms with Gasteiger partial charge in [-0.25, -0.2) is 0 Å². The van der Waals surface area contributed by atoms with Crippen LogP contribution in [0.2, 0.25) is 0 Å². The van der Waals surface area contributed by atoms with E-state index in [2.05, 4.69) is 43.9 Å². The molecule has 10 aliphatic rings. The Morgan fingerprint density at radius 1 is 0.511 bits per heavy atom. The van der Waals surface area contributed by atoms with Crippen LogP contribution < -0.4 is 37.9 Å². The van der Waals surface area contributed by atoms with Crippen molar-refractivity contribution in [3.63, 3.8) is 0 Å². The number of benzene rings is 6. The monoisotopic (exact) mass is 1270 g/mol. The van der Waals surface area contributed by atoms with Gasteiger partial charge in [0.15, 0.2) is 52.8 Å². The van der Waals surface area contributed by atoms with E-state index in [0.717, 1.165) is 50.1 Å². The molecule has 6 aromatic carbocycles. The van der Waals surface area contributed by atoms with E-state index in [9.17, 15) is 39.9 Å². The second-order valence-corrected chi connectivity index (χ2v) is 25.8. The normalized spacial score (nSPS) is 25.5. The highest BCUT2D eigenvalue weighted by Crippen LogP contribution is 2.61. The highest BCUT2D eigenvalue weighted by molar-refractivity contribution is 6.22. The minimum absolute atomic E-state index is 0.00471. The first-order valence-electron chi connectivity index (χ1n) is 31.5. The molecule has 10 aliphatic heterocycles. The number of imide groups is 2. The maximum Gasteiger partial charge on any atom is 0.261 e. The lowest BCUT2D eigenvalue weighted by Crippen LogP contribution is -2.69. The number of rotatable bonds is 10. The van der Waals surface area contributed by atoms with E-state index in [4.69, 9.17) is 42.6 Å². The second-order valence-electron chi connectivity index (χ2n) is 25.8. The maximum atomic E-state index is 13.8. The standard InChI is InChI=1S/C36H36N4O8.C35H34N4O7/c1-17-10-19-11-23-25(13-37)40-24(29(38(23)3)27(19)33(31(17)45-5)46-15-44-4)12-22-28(34-32(47-16-48-34)18(2)30(22)41)26(40)14-39-35(42)20-8-6-7-9-21(20)36(39)43;1-16-10-18-11-22-24(13-36)39-23(28(37(22)3)26(18)29(40)30(16)43-4)12-21-27(33-32(45-15-46-33)17(2)31(21)44-5)25(39)14-38-34(41)19-8-6-7-9-20(19)35(38)42/h6-10,23-26,29,41H,11-12,14-16H2,1-5H3;6-10,22-25,28,40H,11-12,14-15H2,1-5H3/t23?,24?,25?,26-,29-;22?,23?,24?,25-,28-/m00/s1. The van der Waals surface area contributed by atoms with Gasteiger partial charge in [0, 0.05) is 88.9 Å². The van der Waals surface area contributed by atoms with E-state index in [1.54, 1.807) is 83.9 Å². The first-order chi connectivity index (χ1) is 45.4. The van der Waals surface area contributed by atoms with Crippen molar-refractivity contribution in [1.82, 2.24) is 29.4 Å². The molecule has 10 atom stereocenters. The van der Waals surface area contributed by atoms with Crippen LogP contribution in [0, 0.1) is 50.4 Å². The van der Waals surface area contributed by atoms with Crippen molar-refractivity contribution in [3.05, 3.63) is 150 Å². The molecule has 16 rings (SSSR count). The summed E-state index contributed by atoms with van der Waals surface area (Å²) in [7, 11) is 10.4. The van der Waals surface area contributed by atoms with Gasteiger partial charge < -0.3 is 52.8 Å². The molecule has 0 aliphatic carbocycles. The average molecular weight is 1280 g/mol. The van der Waals surface area contributed by atoms with Gasteiger partial charge in [-0.15, -0.1) is 0 Å². The molecule has 4 amide bonds. The molecule has 6 unspecified atom stereocenters. The second kappa shape index (κ2) is 22.6. The molecule has 2 saturated heterocycles. The van der Waals surface area contributed by atoms with Crippen LogP contribution in [-0.4, -0.2) is 175 Å². The summed E-state index contributed by atoms with van der Waals surface area (Å²) in [5.41, 5.74) is 11.2. The number of fused-ring (bicyclic) bond motifs is 20. The number of likely N-dealkylation sites (N-methyl/N-ethyl adjacent to an activating group) is 2. The number of phenolic OH excluding ortho intramolecular Hbond substituents is 2. The van der Waals surface area contributed by atoms with Gasteiger partial charge in [-0.3, -0.25) is 48.6 Å². The summed E-state index contributed by atoms with van der Waals surface area (Å²) in [6.07, 6.45) is 1.91. The summed E-state index contributed by atoms with van der Waals surface area (Å²) in [5.74, 6) is 2.91. The number of carbonyl (C=O) groups excluding carboxylic acids is 4. The fraction of sp³-hybridized carbons (Fsp3) is 0.408. The van der Waals surface area contributed by atoms with Gasteiger partial charge in [-0.05, 0) is 114 Å². The number of nitriles is 2. The van der Waals surface area contributed by atoms with E-state index < -0.39 is 36.0 Å². The number of ether oxygens (including phenoxy) is 9. The smallest absolute Gasteiger partial charge is 0.261 e. The first-order valence-corrected chi connectivity index (χ1v) is 31.5. The van der Waals surface area contributed by atoms with E-state index in [1.807, 2.05) is 34.9 Å². The molecular weight excluding hydrogens is 1200 g/mol. The van der Waals surface area contributed by atoms with Gasteiger partial charge in [0.1, 0.15) is 23.6 Å². The SMILES string of the molecule is COCOc1c(OC)c(C)cc2c1[C@@H]1C3Cc4c(O)c(C)c5c(c4[C@H](CN4C(=O)c6ccccc6C4=O)N3C(C#N)C(C2)N1C)OCO5.COc1c(C)cc2c(c1O)[C@@H]1C3Cc4c(OC)c(C)c5c(c4[C@H](CN4C(=O)c6ccccc6C4=O)N3C(C#N)C(C2)N1C)OCO5. The van der Waals surface area contributed by atoms with Crippen molar-refractivity contribution >= 4 is 23.6 Å². The Morgan fingerprint density at radius 3 is 1.40 bits per heavy atom. The molecule has 0 radical (unpaired) electrons. The van der Waals surface area contributed by atoms with Crippen LogP contribution >= 0.6 is 0 Å². The fourth-order valence-electron chi connectivity index (χ4n) is 17.7. The van der Waals surface area contributed by atoms with Crippen molar-refractivity contribution in [1.29, 1.82) is 10.5 Å². The number of aryl methyl sites for hydroxylation is 2. The summed E-state index contributed by atoms with van der Waals surface area (Å²) in [6, 6.07) is 18.6. The number of hydrogen-bond donors (Lipinski definition) is 2. The van der Waals surface area contributed by atoms with E-state index in [1.165, 1.54) is 9.80 Å². The lowest BCUT2D eigenvalue weighted by Gasteiger charge is -2.60. The molecule has 484 valence electrons. The number of aromatic hydroxyl groups is 2. The summed E-state index contributed by atoms with van der Waals surface area (Å²) in [4.78, 5) is 66.4. The number of methoxy groups -OCH3 is 4. The molecule has 4 bridgehead atoms. The first kappa shape index (κ1) is 60.6. The number of amides is 4. The highest BCUT2D eigenvalue weighted by atomic mass is 16.7.